The van der Waals surface area contributed by atoms with E-state index in [1.54, 1.807) is 18.0 Å². The molecule has 0 bridgehead atoms. The molecule has 3 rings (SSSR count). The Labute approximate surface area is 108 Å². The maximum Gasteiger partial charge on any atom is 0.279 e. The summed E-state index contributed by atoms with van der Waals surface area (Å²) in [5.74, 6) is 0.812. The number of fused-ring (bicyclic) bond motifs is 1. The molecule has 0 aliphatic rings. The lowest BCUT2D eigenvalue weighted by Crippen LogP contribution is -2.07. The highest BCUT2D eigenvalue weighted by Crippen LogP contribution is 2.12. The molecule has 0 fully saturated rings. The molecule has 0 amide bonds. The highest BCUT2D eigenvalue weighted by Gasteiger charge is 2.05. The Kier molecular flexibility index (Phi) is 2.75. The van der Waals surface area contributed by atoms with Crippen LogP contribution >= 0.6 is 0 Å². The third-order valence-corrected chi connectivity index (χ3v) is 2.86. The van der Waals surface area contributed by atoms with E-state index < -0.39 is 0 Å². The van der Waals surface area contributed by atoms with Gasteiger partial charge >= 0.3 is 0 Å². The van der Waals surface area contributed by atoms with Crippen LogP contribution < -0.4 is 10.3 Å². The number of nitrogens with one attached hydrogen (secondary N) is 1. The molecule has 0 aliphatic carbocycles. The topological polar surface area (TPSA) is 72.8 Å². The van der Waals surface area contributed by atoms with Crippen LogP contribution in [-0.2, 0) is 6.54 Å². The average Bonchev–Trinajstić information content (AvgIpc) is 2.84. The van der Waals surface area contributed by atoms with Crippen LogP contribution in [0.25, 0.3) is 11.0 Å². The number of H-pyrrole nitrogens is 1. The van der Waals surface area contributed by atoms with Crippen LogP contribution in [0.5, 0.6) is 5.75 Å². The fourth-order valence-electron chi connectivity index (χ4n) is 1.89. The van der Waals surface area contributed by atoms with E-state index in [9.17, 15) is 4.79 Å². The van der Waals surface area contributed by atoms with Gasteiger partial charge in [0.05, 0.1) is 26.2 Å². The standard InChI is InChI=1S/C13H12N4O2/c1-19-10-4-2-9(3-5-10)6-17-7-11-12(16-17)13(18)15-8-14-11/h2-5,7-8H,6H2,1H3,(H,14,15,18). The van der Waals surface area contributed by atoms with Gasteiger partial charge in [0.15, 0.2) is 5.52 Å². The van der Waals surface area contributed by atoms with Gasteiger partial charge in [-0.3, -0.25) is 9.48 Å². The number of methoxy groups -OCH3 is 1. The summed E-state index contributed by atoms with van der Waals surface area (Å²) >= 11 is 0. The molecule has 6 nitrogen and oxygen atoms in total. The maximum absolute atomic E-state index is 11.5. The minimum Gasteiger partial charge on any atom is -0.497 e. The molecular formula is C13H12N4O2. The van der Waals surface area contributed by atoms with Crippen molar-refractivity contribution in [1.82, 2.24) is 19.7 Å². The molecule has 0 saturated heterocycles. The first-order valence-corrected chi connectivity index (χ1v) is 5.80. The van der Waals surface area contributed by atoms with Crippen LogP contribution in [0.3, 0.4) is 0 Å². The Hall–Kier alpha value is -2.63. The Balaban J connectivity index is 1.92. The lowest BCUT2D eigenvalue weighted by molar-refractivity contribution is 0.414. The minimum absolute atomic E-state index is 0.224. The maximum atomic E-state index is 11.5. The van der Waals surface area contributed by atoms with Gasteiger partial charge in [0.1, 0.15) is 11.3 Å². The van der Waals surface area contributed by atoms with Gasteiger partial charge in [-0.15, -0.1) is 0 Å². The van der Waals surface area contributed by atoms with Gasteiger partial charge in [-0.1, -0.05) is 12.1 Å². The zero-order valence-electron chi connectivity index (χ0n) is 10.3. The van der Waals surface area contributed by atoms with Gasteiger partial charge in [-0.2, -0.15) is 5.10 Å². The van der Waals surface area contributed by atoms with Crippen LogP contribution in [-0.4, -0.2) is 26.9 Å². The number of aromatic nitrogens is 4. The molecule has 1 N–H and O–H groups in total. The van der Waals surface area contributed by atoms with E-state index in [2.05, 4.69) is 15.1 Å². The van der Waals surface area contributed by atoms with E-state index in [-0.39, 0.29) is 5.56 Å². The summed E-state index contributed by atoms with van der Waals surface area (Å²) in [7, 11) is 1.63. The van der Waals surface area contributed by atoms with Crippen molar-refractivity contribution in [3.8, 4) is 5.75 Å². The number of hydrogen-bond acceptors (Lipinski definition) is 4. The predicted octanol–water partition coefficient (Wildman–Crippen LogP) is 1.18. The molecule has 0 aliphatic heterocycles. The summed E-state index contributed by atoms with van der Waals surface area (Å²) in [4.78, 5) is 18.1. The second-order valence-corrected chi connectivity index (χ2v) is 4.14. The second kappa shape index (κ2) is 4.56. The summed E-state index contributed by atoms with van der Waals surface area (Å²) < 4.78 is 6.81. The highest BCUT2D eigenvalue weighted by molar-refractivity contribution is 5.71. The van der Waals surface area contributed by atoms with Gasteiger partial charge in [0, 0.05) is 0 Å². The van der Waals surface area contributed by atoms with Crippen LogP contribution in [0.1, 0.15) is 5.56 Å². The summed E-state index contributed by atoms with van der Waals surface area (Å²) in [6.07, 6.45) is 3.14. The molecular weight excluding hydrogens is 244 g/mol. The average molecular weight is 256 g/mol. The van der Waals surface area contributed by atoms with E-state index in [0.717, 1.165) is 11.3 Å². The zero-order chi connectivity index (χ0) is 13.2. The fourth-order valence-corrected chi connectivity index (χ4v) is 1.89. The first-order chi connectivity index (χ1) is 9.26. The van der Waals surface area contributed by atoms with Crippen LogP contribution in [0.4, 0.5) is 0 Å². The zero-order valence-corrected chi connectivity index (χ0v) is 10.3. The molecule has 0 saturated carbocycles. The number of nitrogens with zero attached hydrogens (tertiary/aromatic N) is 3. The van der Waals surface area contributed by atoms with Crippen molar-refractivity contribution in [3.05, 3.63) is 52.7 Å². The number of benzene rings is 1. The summed E-state index contributed by atoms with van der Waals surface area (Å²) in [6, 6.07) is 7.71. The lowest BCUT2D eigenvalue weighted by atomic mass is 10.2. The largest absolute Gasteiger partial charge is 0.497 e. The molecule has 1 aromatic carbocycles. The molecule has 19 heavy (non-hydrogen) atoms. The van der Waals surface area contributed by atoms with Gasteiger partial charge in [0.2, 0.25) is 0 Å². The number of hydrogen-bond donors (Lipinski definition) is 1. The monoisotopic (exact) mass is 256 g/mol. The number of ether oxygens (including phenoxy) is 1. The Morgan fingerprint density at radius 1 is 1.32 bits per heavy atom. The number of aromatic amines is 1. The summed E-state index contributed by atoms with van der Waals surface area (Å²) in [5.41, 5.74) is 1.80. The Bertz CT molecular complexity index is 758. The molecule has 0 radical (unpaired) electrons. The van der Waals surface area contributed by atoms with Crippen molar-refractivity contribution in [2.45, 2.75) is 6.54 Å². The first kappa shape index (κ1) is 11.5. The molecule has 2 aromatic heterocycles. The minimum atomic E-state index is -0.224. The predicted molar refractivity (Wildman–Crippen MR) is 70.2 cm³/mol. The van der Waals surface area contributed by atoms with Crippen LogP contribution in [0.15, 0.2) is 41.6 Å². The van der Waals surface area contributed by atoms with Crippen LogP contribution in [0, 0.1) is 0 Å². The number of rotatable bonds is 3. The third kappa shape index (κ3) is 2.20. The SMILES string of the molecule is COc1ccc(Cn2cc3nc[nH]c(=O)c3n2)cc1. The summed E-state index contributed by atoms with van der Waals surface area (Å²) in [6.45, 7) is 0.583. The van der Waals surface area contributed by atoms with Gasteiger partial charge < -0.3 is 9.72 Å². The normalized spacial score (nSPS) is 10.8. The van der Waals surface area contributed by atoms with Gasteiger partial charge in [-0.05, 0) is 17.7 Å². The van der Waals surface area contributed by atoms with Crippen molar-refractivity contribution >= 4 is 11.0 Å². The smallest absolute Gasteiger partial charge is 0.279 e. The van der Waals surface area contributed by atoms with E-state index in [1.807, 2.05) is 24.3 Å². The molecule has 0 atom stereocenters. The Morgan fingerprint density at radius 3 is 2.79 bits per heavy atom. The van der Waals surface area contributed by atoms with Crippen molar-refractivity contribution in [3.63, 3.8) is 0 Å². The van der Waals surface area contributed by atoms with Crippen LogP contribution in [0.2, 0.25) is 0 Å². The van der Waals surface area contributed by atoms with Crippen molar-refractivity contribution in [1.29, 1.82) is 0 Å². The molecule has 6 heteroatoms. The Morgan fingerprint density at radius 2 is 2.11 bits per heavy atom. The van der Waals surface area contributed by atoms with Crippen molar-refractivity contribution in [2.75, 3.05) is 7.11 Å². The molecule has 96 valence electrons. The summed E-state index contributed by atoms with van der Waals surface area (Å²) in [5, 5.41) is 4.23. The molecule has 0 spiro atoms. The fraction of sp³-hybridized carbons (Fsp3) is 0.154. The van der Waals surface area contributed by atoms with Crippen molar-refractivity contribution < 1.29 is 4.74 Å². The quantitative estimate of drug-likeness (QED) is 0.763. The van der Waals surface area contributed by atoms with E-state index in [0.29, 0.717) is 17.6 Å². The van der Waals surface area contributed by atoms with Crippen molar-refractivity contribution in [2.24, 2.45) is 0 Å². The van der Waals surface area contributed by atoms with E-state index in [4.69, 9.17) is 4.74 Å². The van der Waals surface area contributed by atoms with Gasteiger partial charge in [0.25, 0.3) is 5.56 Å². The lowest BCUT2D eigenvalue weighted by Gasteiger charge is -2.03. The highest BCUT2D eigenvalue weighted by atomic mass is 16.5. The first-order valence-electron chi connectivity index (χ1n) is 5.80. The van der Waals surface area contributed by atoms with E-state index in [1.165, 1.54) is 6.33 Å². The molecule has 3 aromatic rings. The molecule has 0 unspecified atom stereocenters. The molecule has 2 heterocycles. The third-order valence-electron chi connectivity index (χ3n) is 2.86. The van der Waals surface area contributed by atoms with E-state index >= 15 is 0 Å². The van der Waals surface area contributed by atoms with Gasteiger partial charge in [-0.25, -0.2) is 4.98 Å². The second-order valence-electron chi connectivity index (χ2n) is 4.14.